The number of hydrogen-bond acceptors (Lipinski definition) is 1. The maximum atomic E-state index is 4.91. The molecule has 0 saturated heterocycles. The Balaban J connectivity index is 3.15. The van der Waals surface area contributed by atoms with Crippen LogP contribution in [0.15, 0.2) is 14.7 Å². The van der Waals surface area contributed by atoms with E-state index < -0.39 is 18.4 Å². The summed E-state index contributed by atoms with van der Waals surface area (Å²) < 4.78 is 6.55. The molecule has 0 spiro atoms. The van der Waals surface area contributed by atoms with E-state index in [9.17, 15) is 0 Å². The molecule has 2 heteroatoms. The summed E-state index contributed by atoms with van der Waals surface area (Å²) in [5.74, 6) is 0. The Morgan fingerprint density at radius 2 is 1.41 bits per heavy atom. The summed E-state index contributed by atoms with van der Waals surface area (Å²) in [6, 6.07) is 0.467. The predicted molar refractivity (Wildman–Crippen MR) is 105 cm³/mol. The van der Waals surface area contributed by atoms with Crippen molar-refractivity contribution in [3.63, 3.8) is 0 Å². The van der Waals surface area contributed by atoms with Gasteiger partial charge < -0.3 is 0 Å². The van der Waals surface area contributed by atoms with Gasteiger partial charge in [0.2, 0.25) is 0 Å². The molecule has 0 amide bonds. The first kappa shape index (κ1) is 20.3. The third-order valence-corrected chi connectivity index (χ3v) is 21.6. The average molecular weight is 412 g/mol. The van der Waals surface area contributed by atoms with Crippen LogP contribution in [0.5, 0.6) is 0 Å². The van der Waals surface area contributed by atoms with Gasteiger partial charge in [0.15, 0.2) is 0 Å². The second kappa shape index (κ2) is 9.49. The van der Waals surface area contributed by atoms with Crippen LogP contribution in [0.3, 0.4) is 0 Å². The molecule has 0 aliphatic carbocycles. The first-order valence-electron chi connectivity index (χ1n) is 9.68. The van der Waals surface area contributed by atoms with Crippen molar-refractivity contribution < 1.29 is 0 Å². The fraction of sp³-hybridized carbons (Fsp3) is 0.850. The van der Waals surface area contributed by atoms with Crippen LogP contribution < -0.4 is 0 Å². The van der Waals surface area contributed by atoms with Crippen LogP contribution in [0.1, 0.15) is 80.1 Å². The van der Waals surface area contributed by atoms with Gasteiger partial charge in [0.25, 0.3) is 0 Å². The molecule has 1 atom stereocenters. The molecule has 0 saturated carbocycles. The molecule has 1 rings (SSSR count). The van der Waals surface area contributed by atoms with Gasteiger partial charge in [-0.05, 0) is 0 Å². The van der Waals surface area contributed by atoms with Gasteiger partial charge in [-0.25, -0.2) is 0 Å². The first-order valence-corrected chi connectivity index (χ1v) is 17.2. The summed E-state index contributed by atoms with van der Waals surface area (Å²) in [5.41, 5.74) is 0.175. The summed E-state index contributed by atoms with van der Waals surface area (Å²) in [7, 11) is 0. The Hall–Kier alpha value is 0.209. The van der Waals surface area contributed by atoms with E-state index in [0.717, 1.165) is 0 Å². The van der Waals surface area contributed by atoms with Gasteiger partial charge in [0.05, 0.1) is 0 Å². The number of unbranched alkanes of at least 4 members (excludes halogenated alkanes) is 3. The minimum atomic E-state index is -2.26. The number of aliphatic imine (C=N–C) groups is 1. The van der Waals surface area contributed by atoms with Crippen LogP contribution in [0.2, 0.25) is 13.3 Å². The van der Waals surface area contributed by atoms with E-state index in [2.05, 4.69) is 53.8 Å². The fourth-order valence-electron chi connectivity index (χ4n) is 3.89. The van der Waals surface area contributed by atoms with E-state index in [1.807, 2.05) is 3.59 Å². The van der Waals surface area contributed by atoms with E-state index in [0.29, 0.717) is 6.04 Å². The minimum absolute atomic E-state index is 0.175. The fourth-order valence-corrected chi connectivity index (χ4v) is 22.0. The van der Waals surface area contributed by atoms with Crippen molar-refractivity contribution in [1.29, 1.82) is 0 Å². The molecule has 0 N–H and O–H groups in total. The summed E-state index contributed by atoms with van der Waals surface area (Å²) in [4.78, 5) is 4.91. The molecular formula is C20H39NSn. The van der Waals surface area contributed by atoms with Crippen LogP contribution in [0.25, 0.3) is 0 Å². The normalized spacial score (nSPS) is 21.0. The molecule has 128 valence electrons. The first-order chi connectivity index (χ1) is 10.4. The summed E-state index contributed by atoms with van der Waals surface area (Å²) in [6.45, 7) is 14.1. The average Bonchev–Trinajstić information content (AvgIpc) is 2.49. The number of nitrogens with zero attached hydrogens (tertiary/aromatic N) is 1. The Morgan fingerprint density at radius 1 is 0.955 bits per heavy atom. The van der Waals surface area contributed by atoms with Gasteiger partial charge in [-0.3, -0.25) is 0 Å². The monoisotopic (exact) mass is 413 g/mol. The van der Waals surface area contributed by atoms with Crippen molar-refractivity contribution in [3.8, 4) is 0 Å². The number of hydrogen-bond donors (Lipinski definition) is 0. The van der Waals surface area contributed by atoms with E-state index in [4.69, 9.17) is 4.99 Å². The zero-order valence-corrected chi connectivity index (χ0v) is 18.9. The quantitative estimate of drug-likeness (QED) is 0.350. The third kappa shape index (κ3) is 5.69. The van der Waals surface area contributed by atoms with Crippen molar-refractivity contribution in [2.45, 2.75) is 99.4 Å². The molecule has 0 aromatic carbocycles. The Labute approximate surface area is 143 Å². The van der Waals surface area contributed by atoms with E-state index in [1.165, 1.54) is 38.5 Å². The summed E-state index contributed by atoms with van der Waals surface area (Å²) >= 11 is -2.26. The zero-order chi connectivity index (χ0) is 16.6. The van der Waals surface area contributed by atoms with Gasteiger partial charge in [-0.15, -0.1) is 0 Å². The van der Waals surface area contributed by atoms with Gasteiger partial charge in [0, 0.05) is 0 Å². The van der Waals surface area contributed by atoms with Crippen LogP contribution in [-0.4, -0.2) is 30.6 Å². The Kier molecular flexibility index (Phi) is 8.74. The molecule has 1 unspecified atom stereocenters. The van der Waals surface area contributed by atoms with Crippen molar-refractivity contribution in [3.05, 3.63) is 9.67 Å². The van der Waals surface area contributed by atoms with Crippen molar-refractivity contribution in [2.24, 2.45) is 10.4 Å². The van der Waals surface area contributed by atoms with E-state index in [-0.39, 0.29) is 5.41 Å². The molecule has 1 heterocycles. The summed E-state index contributed by atoms with van der Waals surface area (Å²) in [6.07, 6.45) is 13.2. The zero-order valence-electron chi connectivity index (χ0n) is 16.0. The molecule has 0 radical (unpaired) electrons. The number of dihydropyridines is 1. The standard InChI is InChI=1S/C8H12N.3C4H9.Sn/c1-7-4-5-8(2,3)6-9-7;3*1-3-4-2;/h5-7H,1-3H3;3*1,3-4H2,2H3;. The van der Waals surface area contributed by atoms with Crippen LogP contribution in [-0.2, 0) is 0 Å². The van der Waals surface area contributed by atoms with Crippen molar-refractivity contribution in [1.82, 2.24) is 0 Å². The van der Waals surface area contributed by atoms with Crippen LogP contribution in [0, 0.1) is 5.41 Å². The molecule has 1 nitrogen and oxygen atoms in total. The molecule has 0 bridgehead atoms. The van der Waals surface area contributed by atoms with Crippen molar-refractivity contribution >= 4 is 24.6 Å². The predicted octanol–water partition coefficient (Wildman–Crippen LogP) is 6.80. The topological polar surface area (TPSA) is 12.4 Å². The van der Waals surface area contributed by atoms with Gasteiger partial charge >= 0.3 is 144 Å². The van der Waals surface area contributed by atoms with Gasteiger partial charge in [-0.1, -0.05) is 0 Å². The molecule has 1 aliphatic heterocycles. The second-order valence-corrected chi connectivity index (χ2v) is 21.2. The maximum absolute atomic E-state index is 4.91. The van der Waals surface area contributed by atoms with Crippen molar-refractivity contribution in [2.75, 3.05) is 0 Å². The summed E-state index contributed by atoms with van der Waals surface area (Å²) in [5, 5.41) is 0. The van der Waals surface area contributed by atoms with E-state index in [1.54, 1.807) is 13.3 Å². The molecule has 1 aliphatic rings. The second-order valence-electron chi connectivity index (χ2n) is 7.97. The molecule has 0 aromatic rings. The van der Waals surface area contributed by atoms with Gasteiger partial charge in [0.1, 0.15) is 0 Å². The van der Waals surface area contributed by atoms with E-state index >= 15 is 0 Å². The van der Waals surface area contributed by atoms with Crippen LogP contribution >= 0.6 is 0 Å². The number of rotatable bonds is 10. The van der Waals surface area contributed by atoms with Gasteiger partial charge in [-0.2, -0.15) is 0 Å². The molecular weight excluding hydrogens is 373 g/mol. The SMILES string of the molecule is CCC[CH2][Sn]([CH2]CCC)([CH2]CCC)[C]1=CC(C)(C)C=NC1C. The molecule has 22 heavy (non-hydrogen) atoms. The molecule has 0 fully saturated rings. The number of allylic oxidation sites excluding steroid dienone is 1. The third-order valence-electron chi connectivity index (χ3n) is 5.25. The Bertz CT molecular complexity index is 359. The molecule has 0 aromatic heterocycles. The van der Waals surface area contributed by atoms with Crippen LogP contribution in [0.4, 0.5) is 0 Å². The Morgan fingerprint density at radius 3 is 1.82 bits per heavy atom.